The van der Waals surface area contributed by atoms with Gasteiger partial charge in [0.05, 0.1) is 0 Å². The van der Waals surface area contributed by atoms with Crippen LogP contribution in [0.5, 0.6) is 0 Å². The molecule has 0 radical (unpaired) electrons. The second kappa shape index (κ2) is 53.7. The molecule has 17 aliphatic rings. The Hall–Kier alpha value is -6.29. The van der Waals surface area contributed by atoms with Gasteiger partial charge in [-0.25, -0.2) is 0 Å². The van der Waals surface area contributed by atoms with E-state index in [1.165, 1.54) is 123 Å². The molecule has 12 aliphatic carbocycles. The Bertz CT molecular complexity index is 4020. The van der Waals surface area contributed by atoms with Crippen LogP contribution in [0.15, 0.2) is 72.9 Å². The van der Waals surface area contributed by atoms with Gasteiger partial charge >= 0.3 is 0 Å². The summed E-state index contributed by atoms with van der Waals surface area (Å²) in [6.45, 7) is 50.5. The van der Waals surface area contributed by atoms with Crippen LogP contribution < -0.4 is 0 Å². The summed E-state index contributed by atoms with van der Waals surface area (Å²) in [5, 5.41) is 0. The van der Waals surface area contributed by atoms with Crippen LogP contribution in [0.1, 0.15) is 290 Å². The van der Waals surface area contributed by atoms with Crippen LogP contribution in [0.4, 0.5) is 0 Å². The van der Waals surface area contributed by atoms with E-state index in [4.69, 9.17) is 0 Å². The molecule has 17 rings (SSSR count). The van der Waals surface area contributed by atoms with Gasteiger partial charge < -0.3 is 29.4 Å². The number of fused-ring (bicyclic) bond motifs is 12. The van der Waals surface area contributed by atoms with Crippen molar-refractivity contribution in [2.24, 2.45) is 178 Å². The summed E-state index contributed by atoms with van der Waals surface area (Å²) >= 11 is 0. The summed E-state index contributed by atoms with van der Waals surface area (Å²) in [7, 11) is 0. The highest BCUT2D eigenvalue weighted by Gasteiger charge is 2.57. The molecule has 5 heterocycles. The van der Waals surface area contributed by atoms with Crippen LogP contribution in [-0.2, 0) is 62.3 Å². The summed E-state index contributed by atoms with van der Waals surface area (Å²) in [6, 6.07) is 0. The molecule has 12 bridgehead atoms. The minimum atomic E-state index is -0.0885. The Morgan fingerprint density at radius 1 is 0.230 bits per heavy atom. The number of likely N-dealkylation sites (tertiary alicyclic amines) is 4. The van der Waals surface area contributed by atoms with Gasteiger partial charge in [-0.3, -0.25) is 67.2 Å². The Morgan fingerprint density at radius 2 is 0.396 bits per heavy atom. The first-order valence-corrected chi connectivity index (χ1v) is 56.8. The van der Waals surface area contributed by atoms with Gasteiger partial charge in [-0.2, -0.15) is 0 Å². The van der Waals surface area contributed by atoms with Crippen molar-refractivity contribution >= 4 is 75.3 Å². The average molecular weight is 1920 g/mol. The molecule has 1 amide bonds. The lowest BCUT2D eigenvalue weighted by molar-refractivity contribution is -0.134. The Kier molecular flexibility index (Phi) is 43.1. The van der Waals surface area contributed by atoms with Crippen LogP contribution in [-0.4, -0.2) is 241 Å². The molecule has 139 heavy (non-hydrogen) atoms. The van der Waals surface area contributed by atoms with E-state index in [1.54, 1.807) is 6.92 Å². The zero-order valence-corrected chi connectivity index (χ0v) is 88.8. The fourth-order valence-electron chi connectivity index (χ4n) is 28.4. The third-order valence-electron chi connectivity index (χ3n) is 36.0. The van der Waals surface area contributed by atoms with Gasteiger partial charge in [0, 0.05) is 178 Å². The zero-order chi connectivity index (χ0) is 100. The van der Waals surface area contributed by atoms with Crippen molar-refractivity contribution in [2.75, 3.05) is 131 Å². The maximum Gasteiger partial charge on any atom is 0.219 e. The molecule has 6 saturated carbocycles. The molecular formula is C119H185N7O13. The SMILES string of the molecule is CC(=O)N1CCN(CCCC(=O)C2C3C=CC(C3)C2C(=O)C(C)C)CC1.CC(C)C(=O)C1C2C=CC(C2)C1C(=O)CCCN1CCCC1.CC(C)C(=O)C1C2C=CC(C2)C1C(=O)CCCN1CCCCC1.CC(C)C(=O)C1C2C=CC(C2)C1C(=O)CCCN1CCCCC1.CC(C)C(=O)C1C2C=CC(C2)C1C(=O)CCCN1CCCCC1.CCN(CC)CCCC(=O)C1C2C=CC(C2)C1C(=O)C(C)C. The van der Waals surface area contributed by atoms with E-state index < -0.39 is 0 Å². The Balaban J connectivity index is 0.000000150. The van der Waals surface area contributed by atoms with Crippen molar-refractivity contribution < 1.29 is 62.3 Å². The number of Topliss-reactive ketones (excluding diaryl/α,β-unsaturated/α-hetero) is 12. The first kappa shape index (κ1) is 111. The molecule has 24 atom stereocenters. The van der Waals surface area contributed by atoms with Gasteiger partial charge in [0.1, 0.15) is 69.4 Å². The summed E-state index contributed by atoms with van der Waals surface area (Å²) < 4.78 is 0. The maximum absolute atomic E-state index is 12.9. The average Bonchev–Trinajstić information content (AvgIpc) is 1.64. The fraction of sp³-hybridized carbons (Fsp3) is 0.790. The summed E-state index contributed by atoms with van der Waals surface area (Å²) in [6.07, 6.45) is 56.1. The molecule has 5 aliphatic heterocycles. The topological polar surface area (TPSA) is 245 Å². The smallest absolute Gasteiger partial charge is 0.219 e. The number of ketones is 12. The van der Waals surface area contributed by atoms with Crippen LogP contribution in [0.25, 0.3) is 0 Å². The maximum atomic E-state index is 12.9. The van der Waals surface area contributed by atoms with Crippen LogP contribution in [0, 0.1) is 178 Å². The first-order chi connectivity index (χ1) is 66.7. The van der Waals surface area contributed by atoms with Gasteiger partial charge in [0.25, 0.3) is 0 Å². The highest BCUT2D eigenvalue weighted by Crippen LogP contribution is 2.56. The van der Waals surface area contributed by atoms with Crippen molar-refractivity contribution in [3.63, 3.8) is 0 Å². The summed E-state index contributed by atoms with van der Waals surface area (Å²) in [5.41, 5.74) is 0. The number of hydrogen-bond donors (Lipinski definition) is 0. The summed E-state index contributed by atoms with van der Waals surface area (Å²) in [5.74, 6) is 7.38. The first-order valence-electron chi connectivity index (χ1n) is 56.8. The monoisotopic (exact) mass is 1920 g/mol. The number of carbonyl (C=O) groups is 13. The highest BCUT2D eigenvalue weighted by molar-refractivity contribution is 5.97. The zero-order valence-electron chi connectivity index (χ0n) is 88.8. The van der Waals surface area contributed by atoms with Gasteiger partial charge in [0.2, 0.25) is 5.91 Å². The molecule has 20 heteroatoms. The fourth-order valence-corrected chi connectivity index (χ4v) is 28.4. The van der Waals surface area contributed by atoms with Crippen molar-refractivity contribution in [3.8, 4) is 0 Å². The second-order valence-corrected chi connectivity index (χ2v) is 47.4. The standard InChI is InChI=1S/C21H32N2O3.3C20H31NO2.C19H29NO2.C19H31NO2/c1-14(2)21(26)20-17-7-6-16(13-17)19(20)18(25)5-4-8-22-9-11-23(12-10-22)15(3)24;3*1-14(2)20(23)19-16-9-8-15(13-16)18(19)17(22)7-6-12-21-10-4-3-5-11-21;1-13(2)19(22)18-15-8-7-14(12-15)17(18)16(21)6-5-11-20-9-3-4-10-20;1-5-20(6-2)11-7-8-16(21)17-14-9-10-15(12-14)18(17)19(22)13(3)4/h6-7,14,16-17,19-20H,4-5,8-13H2,1-3H3;3*8-9,14-16,18-19H,3-7,10-13H2,1-2H3;7-8,13-15,17-18H,3-6,9-12H2,1-2H3;9-10,13-15,17-18H,5-8,11-12H2,1-4H3. The minimum Gasteiger partial charge on any atom is -0.340 e. The number of hydrogen-bond acceptors (Lipinski definition) is 19. The summed E-state index contributed by atoms with van der Waals surface area (Å²) in [4.78, 5) is 180. The molecule has 0 aromatic rings. The molecule has 0 spiro atoms. The van der Waals surface area contributed by atoms with Crippen LogP contribution in [0.2, 0.25) is 0 Å². The van der Waals surface area contributed by atoms with Crippen molar-refractivity contribution in [1.29, 1.82) is 0 Å². The number of carbonyl (C=O) groups excluding carboxylic acids is 13. The molecular weight excluding hydrogens is 1740 g/mol. The van der Waals surface area contributed by atoms with E-state index in [0.717, 1.165) is 156 Å². The van der Waals surface area contributed by atoms with E-state index >= 15 is 0 Å². The second-order valence-electron chi connectivity index (χ2n) is 47.4. The molecule has 0 N–H and O–H groups in total. The number of nitrogens with zero attached hydrogens (tertiary/aromatic N) is 7. The van der Waals surface area contributed by atoms with Gasteiger partial charge in [-0.1, -0.05) is 189 Å². The van der Waals surface area contributed by atoms with E-state index in [-0.39, 0.29) is 136 Å². The Morgan fingerprint density at radius 3 is 0.568 bits per heavy atom. The van der Waals surface area contributed by atoms with Crippen LogP contribution in [0.3, 0.4) is 0 Å². The predicted octanol–water partition coefficient (Wildman–Crippen LogP) is 19.1. The number of allylic oxidation sites excluding steroid dienone is 12. The molecule has 5 saturated heterocycles. The lowest BCUT2D eigenvalue weighted by atomic mass is 9.74. The molecule has 20 nitrogen and oxygen atoms in total. The third kappa shape index (κ3) is 28.9. The van der Waals surface area contributed by atoms with Gasteiger partial charge in [-0.05, 0) is 304 Å². The number of amides is 1. The van der Waals surface area contributed by atoms with E-state index in [0.29, 0.717) is 156 Å². The molecule has 11 fully saturated rings. The Labute approximate surface area is 838 Å². The van der Waals surface area contributed by atoms with E-state index in [1.807, 2.05) is 88.0 Å². The number of piperazine rings is 1. The highest BCUT2D eigenvalue weighted by atomic mass is 16.2. The van der Waals surface area contributed by atoms with Crippen molar-refractivity contribution in [3.05, 3.63) is 72.9 Å². The largest absolute Gasteiger partial charge is 0.340 e. The normalized spacial score (nSPS) is 32.5. The van der Waals surface area contributed by atoms with Crippen molar-refractivity contribution in [1.82, 2.24) is 34.3 Å². The number of piperidine rings is 3. The van der Waals surface area contributed by atoms with E-state index in [2.05, 4.69) is 116 Å². The third-order valence-corrected chi connectivity index (χ3v) is 36.0. The predicted molar refractivity (Wildman–Crippen MR) is 554 cm³/mol. The molecule has 0 aromatic carbocycles. The van der Waals surface area contributed by atoms with Gasteiger partial charge in [-0.15, -0.1) is 0 Å². The van der Waals surface area contributed by atoms with Crippen molar-refractivity contribution in [2.45, 2.75) is 290 Å². The molecule has 24 unspecified atom stereocenters. The lowest BCUT2D eigenvalue weighted by Crippen LogP contribution is -2.48. The molecule has 0 aromatic heterocycles. The number of rotatable bonds is 44. The quantitative estimate of drug-likeness (QED) is 0.0515. The minimum absolute atomic E-state index is 0.000576. The van der Waals surface area contributed by atoms with Gasteiger partial charge in [0.15, 0.2) is 0 Å². The lowest BCUT2D eigenvalue weighted by Gasteiger charge is -2.34. The molecule has 774 valence electrons. The van der Waals surface area contributed by atoms with Crippen LogP contribution >= 0.6 is 0 Å². The van der Waals surface area contributed by atoms with E-state index in [9.17, 15) is 62.3 Å².